The van der Waals surface area contributed by atoms with Gasteiger partial charge in [-0.15, -0.1) is 0 Å². The summed E-state index contributed by atoms with van der Waals surface area (Å²) in [6, 6.07) is 0.611. The Hall–Kier alpha value is -0.160. The third-order valence-corrected chi connectivity index (χ3v) is 3.66. The molecule has 18 heavy (non-hydrogen) atoms. The van der Waals surface area contributed by atoms with Crippen LogP contribution in [0, 0.1) is 5.92 Å². The second-order valence-electron chi connectivity index (χ2n) is 5.94. The highest BCUT2D eigenvalue weighted by Crippen LogP contribution is 2.09. The Balaban J connectivity index is 2.18. The molecule has 2 unspecified atom stereocenters. The van der Waals surface area contributed by atoms with Crippen LogP contribution < -0.4 is 5.32 Å². The minimum absolute atomic E-state index is 0.246. The van der Waals surface area contributed by atoms with Gasteiger partial charge in [-0.1, -0.05) is 20.8 Å². The van der Waals surface area contributed by atoms with Gasteiger partial charge in [0.25, 0.3) is 0 Å². The van der Waals surface area contributed by atoms with Gasteiger partial charge >= 0.3 is 0 Å². The molecule has 4 nitrogen and oxygen atoms in total. The van der Waals surface area contributed by atoms with Gasteiger partial charge < -0.3 is 10.4 Å². The number of nitrogens with zero attached hydrogens (tertiary/aromatic N) is 2. The van der Waals surface area contributed by atoms with Crippen LogP contribution in [0.5, 0.6) is 0 Å². The van der Waals surface area contributed by atoms with Crippen molar-refractivity contribution in [1.29, 1.82) is 0 Å². The maximum absolute atomic E-state index is 10.0. The molecule has 0 saturated carbocycles. The summed E-state index contributed by atoms with van der Waals surface area (Å²) in [6.07, 6.45) is -0.246. The van der Waals surface area contributed by atoms with E-state index in [1.54, 1.807) is 0 Å². The number of aliphatic hydroxyl groups is 1. The SMILES string of the molecule is CCN1CCN(CC(O)CNCC(C)C)CC1C. The molecule has 0 bridgehead atoms. The van der Waals surface area contributed by atoms with Crippen molar-refractivity contribution in [2.24, 2.45) is 5.92 Å². The normalized spacial score (nSPS) is 24.7. The highest BCUT2D eigenvalue weighted by molar-refractivity contribution is 4.80. The molecule has 2 atom stereocenters. The Bertz CT molecular complexity index is 223. The number of aliphatic hydroxyl groups excluding tert-OH is 1. The fourth-order valence-corrected chi connectivity index (χ4v) is 2.61. The average Bonchev–Trinajstić information content (AvgIpc) is 2.28. The standard InChI is InChI=1S/C14H31N3O/c1-5-17-7-6-16(10-13(17)4)11-14(18)9-15-8-12(2)3/h12-15,18H,5-11H2,1-4H3. The van der Waals surface area contributed by atoms with E-state index in [9.17, 15) is 5.11 Å². The predicted octanol–water partition coefficient (Wildman–Crippen LogP) is 0.619. The monoisotopic (exact) mass is 257 g/mol. The van der Waals surface area contributed by atoms with Crippen molar-refractivity contribution >= 4 is 0 Å². The van der Waals surface area contributed by atoms with Gasteiger partial charge in [-0.3, -0.25) is 9.80 Å². The zero-order chi connectivity index (χ0) is 13.5. The lowest BCUT2D eigenvalue weighted by Gasteiger charge is -2.40. The van der Waals surface area contributed by atoms with Gasteiger partial charge in [0, 0.05) is 38.8 Å². The second-order valence-corrected chi connectivity index (χ2v) is 5.94. The highest BCUT2D eigenvalue weighted by Gasteiger charge is 2.23. The molecule has 1 aliphatic heterocycles. The van der Waals surface area contributed by atoms with Crippen molar-refractivity contribution in [1.82, 2.24) is 15.1 Å². The molecule has 1 fully saturated rings. The Morgan fingerprint density at radius 2 is 2.00 bits per heavy atom. The highest BCUT2D eigenvalue weighted by atomic mass is 16.3. The number of rotatable bonds is 7. The summed E-state index contributed by atoms with van der Waals surface area (Å²) in [4.78, 5) is 4.89. The molecule has 1 saturated heterocycles. The lowest BCUT2D eigenvalue weighted by molar-refractivity contribution is 0.0481. The fraction of sp³-hybridized carbons (Fsp3) is 1.00. The molecule has 1 aliphatic rings. The summed E-state index contributed by atoms with van der Waals surface area (Å²) >= 11 is 0. The van der Waals surface area contributed by atoms with Gasteiger partial charge in [0.2, 0.25) is 0 Å². The fourth-order valence-electron chi connectivity index (χ4n) is 2.61. The van der Waals surface area contributed by atoms with Crippen LogP contribution in [-0.4, -0.2) is 72.9 Å². The Morgan fingerprint density at radius 3 is 2.56 bits per heavy atom. The van der Waals surface area contributed by atoms with Crippen LogP contribution in [0.4, 0.5) is 0 Å². The molecule has 1 rings (SSSR count). The van der Waals surface area contributed by atoms with Gasteiger partial charge in [0.1, 0.15) is 0 Å². The first-order chi connectivity index (χ1) is 8.52. The molecule has 4 heteroatoms. The molecule has 0 spiro atoms. The molecular weight excluding hydrogens is 226 g/mol. The Morgan fingerprint density at radius 1 is 1.28 bits per heavy atom. The van der Waals surface area contributed by atoms with E-state index < -0.39 is 0 Å². The van der Waals surface area contributed by atoms with Crippen LogP contribution in [0.1, 0.15) is 27.7 Å². The molecule has 0 aromatic rings. The first kappa shape index (κ1) is 15.9. The molecule has 1 heterocycles. The van der Waals surface area contributed by atoms with Crippen LogP contribution in [0.2, 0.25) is 0 Å². The largest absolute Gasteiger partial charge is 0.390 e. The smallest absolute Gasteiger partial charge is 0.0791 e. The van der Waals surface area contributed by atoms with Crippen LogP contribution in [0.25, 0.3) is 0 Å². The van der Waals surface area contributed by atoms with Crippen molar-refractivity contribution in [3.63, 3.8) is 0 Å². The number of likely N-dealkylation sites (N-methyl/N-ethyl adjacent to an activating group) is 1. The zero-order valence-electron chi connectivity index (χ0n) is 12.5. The number of hydrogen-bond donors (Lipinski definition) is 2. The van der Waals surface area contributed by atoms with Crippen LogP contribution in [0.3, 0.4) is 0 Å². The Kier molecular flexibility index (Phi) is 7.15. The summed E-state index contributed by atoms with van der Waals surface area (Å²) in [5.41, 5.74) is 0. The minimum atomic E-state index is -0.246. The molecule has 0 aliphatic carbocycles. The van der Waals surface area contributed by atoms with Crippen molar-refractivity contribution in [2.75, 3.05) is 45.8 Å². The van der Waals surface area contributed by atoms with Gasteiger partial charge in [-0.2, -0.15) is 0 Å². The maximum atomic E-state index is 10.0. The van der Waals surface area contributed by atoms with Crippen molar-refractivity contribution in [2.45, 2.75) is 39.8 Å². The third kappa shape index (κ3) is 5.65. The van der Waals surface area contributed by atoms with Crippen molar-refractivity contribution in [3.8, 4) is 0 Å². The first-order valence-corrected chi connectivity index (χ1v) is 7.38. The molecule has 0 radical (unpaired) electrons. The molecule has 0 aromatic heterocycles. The van der Waals surface area contributed by atoms with Crippen molar-refractivity contribution in [3.05, 3.63) is 0 Å². The summed E-state index contributed by atoms with van der Waals surface area (Å²) in [5.74, 6) is 0.644. The van der Waals surface area contributed by atoms with E-state index in [0.29, 0.717) is 18.5 Å². The van der Waals surface area contributed by atoms with E-state index in [1.807, 2.05) is 0 Å². The van der Waals surface area contributed by atoms with Gasteiger partial charge in [0.15, 0.2) is 0 Å². The lowest BCUT2D eigenvalue weighted by Crippen LogP contribution is -2.53. The van der Waals surface area contributed by atoms with E-state index in [4.69, 9.17) is 0 Å². The van der Waals surface area contributed by atoms with E-state index in [1.165, 1.54) is 0 Å². The number of β-amino-alcohol motifs (C(OH)–C–C–N with tert-alkyl or cyclic N) is 1. The third-order valence-electron chi connectivity index (χ3n) is 3.66. The van der Waals surface area contributed by atoms with E-state index in [0.717, 1.165) is 39.3 Å². The number of hydrogen-bond acceptors (Lipinski definition) is 4. The van der Waals surface area contributed by atoms with E-state index in [2.05, 4.69) is 42.8 Å². The van der Waals surface area contributed by atoms with Gasteiger partial charge in [0.05, 0.1) is 6.10 Å². The molecule has 108 valence electrons. The summed E-state index contributed by atoms with van der Waals surface area (Å²) < 4.78 is 0. The maximum Gasteiger partial charge on any atom is 0.0791 e. The summed E-state index contributed by atoms with van der Waals surface area (Å²) in [6.45, 7) is 15.8. The van der Waals surface area contributed by atoms with E-state index >= 15 is 0 Å². The number of piperazine rings is 1. The van der Waals surface area contributed by atoms with Gasteiger partial charge in [-0.05, 0) is 25.9 Å². The zero-order valence-corrected chi connectivity index (χ0v) is 12.5. The molecular formula is C14H31N3O. The van der Waals surface area contributed by atoms with Crippen LogP contribution in [0.15, 0.2) is 0 Å². The molecule has 0 amide bonds. The Labute approximate surface area is 112 Å². The topological polar surface area (TPSA) is 38.7 Å². The quantitative estimate of drug-likeness (QED) is 0.701. The minimum Gasteiger partial charge on any atom is -0.390 e. The van der Waals surface area contributed by atoms with Crippen LogP contribution >= 0.6 is 0 Å². The predicted molar refractivity (Wildman–Crippen MR) is 76.9 cm³/mol. The second kappa shape index (κ2) is 8.10. The first-order valence-electron chi connectivity index (χ1n) is 7.38. The van der Waals surface area contributed by atoms with Crippen molar-refractivity contribution < 1.29 is 5.11 Å². The summed E-state index contributed by atoms with van der Waals surface area (Å²) in [7, 11) is 0. The molecule has 0 aromatic carbocycles. The average molecular weight is 257 g/mol. The lowest BCUT2D eigenvalue weighted by atomic mass is 10.1. The van der Waals surface area contributed by atoms with E-state index in [-0.39, 0.29) is 6.10 Å². The van der Waals surface area contributed by atoms with Crippen LogP contribution in [-0.2, 0) is 0 Å². The molecule has 2 N–H and O–H groups in total. The van der Waals surface area contributed by atoms with Gasteiger partial charge in [-0.25, -0.2) is 0 Å². The number of nitrogens with one attached hydrogen (secondary N) is 1. The summed E-state index contributed by atoms with van der Waals surface area (Å²) in [5, 5.41) is 13.3.